The molecule has 0 radical (unpaired) electrons. The van der Waals surface area contributed by atoms with Crippen molar-refractivity contribution in [1.29, 1.82) is 0 Å². The molecule has 0 aromatic rings. The lowest BCUT2D eigenvalue weighted by atomic mass is 10.1. The van der Waals surface area contributed by atoms with Crippen LogP contribution in [0.2, 0.25) is 0 Å². The van der Waals surface area contributed by atoms with Gasteiger partial charge in [0.05, 0.1) is 0 Å². The standard InChI is InChI=1S/C67H112O6/c1-4-7-10-13-16-19-22-25-28-31-34-37-39-42-45-48-51-54-57-60-66(69)72-63-64(73-67(70)61-58-55-52-49-46-43-40-36-33-30-27-24-21-18-15-12-9-6-3)62-71-65(68)59-56-53-50-47-44-41-38-35-32-29-26-23-20-17-14-11-8-5-2/h7,10,16,19-21,23-25,28-30,32-34,37,42,45,64H,4-6,8-9,11-15,17-18,22,26-27,31,35-36,38-41,43-44,46-63H2,1-3H3/b10-7-,19-16-,23-20-,24-21-,28-25-,32-29-,33-30-,37-34-,45-42-. The third kappa shape index (κ3) is 58.8. The molecular weight excluding hydrogens is 901 g/mol. The normalized spacial score (nSPS) is 12.9. The quantitative estimate of drug-likeness (QED) is 0.0261. The van der Waals surface area contributed by atoms with Gasteiger partial charge >= 0.3 is 17.9 Å². The fourth-order valence-electron chi connectivity index (χ4n) is 8.18. The first-order chi connectivity index (χ1) is 36.0. The molecule has 0 saturated carbocycles. The Labute approximate surface area is 450 Å². The van der Waals surface area contributed by atoms with Gasteiger partial charge in [-0.2, -0.15) is 0 Å². The minimum absolute atomic E-state index is 0.0973. The van der Waals surface area contributed by atoms with Crippen molar-refractivity contribution in [2.45, 2.75) is 284 Å². The van der Waals surface area contributed by atoms with Crippen LogP contribution in [0.3, 0.4) is 0 Å². The molecule has 0 spiro atoms. The lowest BCUT2D eigenvalue weighted by molar-refractivity contribution is -0.167. The zero-order valence-electron chi connectivity index (χ0n) is 47.6. The summed E-state index contributed by atoms with van der Waals surface area (Å²) in [6.07, 6.45) is 82.2. The summed E-state index contributed by atoms with van der Waals surface area (Å²) in [5.41, 5.74) is 0. The molecule has 0 aromatic heterocycles. The Morgan fingerprint density at radius 2 is 0.534 bits per heavy atom. The molecule has 1 unspecified atom stereocenters. The van der Waals surface area contributed by atoms with Gasteiger partial charge in [0.1, 0.15) is 13.2 Å². The predicted octanol–water partition coefficient (Wildman–Crippen LogP) is 20.7. The van der Waals surface area contributed by atoms with Crippen molar-refractivity contribution in [3.8, 4) is 0 Å². The first-order valence-electron chi connectivity index (χ1n) is 30.4. The largest absolute Gasteiger partial charge is 0.462 e. The molecule has 6 nitrogen and oxygen atoms in total. The van der Waals surface area contributed by atoms with E-state index in [1.807, 2.05) is 0 Å². The lowest BCUT2D eigenvalue weighted by Gasteiger charge is -2.18. The molecule has 0 aromatic carbocycles. The van der Waals surface area contributed by atoms with Gasteiger partial charge < -0.3 is 14.2 Å². The van der Waals surface area contributed by atoms with Crippen LogP contribution >= 0.6 is 0 Å². The number of carbonyl (C=O) groups excluding carboxylic acids is 3. The van der Waals surface area contributed by atoms with Crippen LogP contribution in [-0.4, -0.2) is 37.2 Å². The SMILES string of the molecule is CC/C=C\C/C=C\C/C=C\C/C=C\C/C=C\CCCCCC(=O)OCC(COC(=O)CCCCCCCCC/C=C\C/C=C\CCCCCC)OC(=O)CCCCCCCCC/C=C\C/C=C\CCCCCC. The number of allylic oxidation sites excluding steroid dienone is 18. The van der Waals surface area contributed by atoms with E-state index < -0.39 is 6.10 Å². The Morgan fingerprint density at radius 1 is 0.288 bits per heavy atom. The van der Waals surface area contributed by atoms with Crippen molar-refractivity contribution in [2.75, 3.05) is 13.2 Å². The smallest absolute Gasteiger partial charge is 0.306 e. The molecule has 0 amide bonds. The summed E-state index contributed by atoms with van der Waals surface area (Å²) < 4.78 is 16.9. The number of unbranched alkanes of at least 4 members (excludes halogenated alkanes) is 25. The first kappa shape index (κ1) is 69.1. The van der Waals surface area contributed by atoms with E-state index >= 15 is 0 Å². The zero-order valence-corrected chi connectivity index (χ0v) is 47.6. The van der Waals surface area contributed by atoms with Crippen molar-refractivity contribution < 1.29 is 28.6 Å². The number of esters is 3. The van der Waals surface area contributed by atoms with Crippen molar-refractivity contribution >= 4 is 17.9 Å². The number of hydrogen-bond acceptors (Lipinski definition) is 6. The van der Waals surface area contributed by atoms with E-state index in [1.165, 1.54) is 116 Å². The second-order valence-electron chi connectivity index (χ2n) is 19.9. The molecule has 0 heterocycles. The fourth-order valence-corrected chi connectivity index (χ4v) is 8.18. The highest BCUT2D eigenvalue weighted by Gasteiger charge is 2.19. The van der Waals surface area contributed by atoms with Crippen molar-refractivity contribution in [3.63, 3.8) is 0 Å². The Hall–Kier alpha value is -3.93. The van der Waals surface area contributed by atoms with Gasteiger partial charge in [0.2, 0.25) is 0 Å². The number of rotatable bonds is 54. The highest BCUT2D eigenvalue weighted by molar-refractivity contribution is 5.71. The minimum Gasteiger partial charge on any atom is -0.462 e. The number of ether oxygens (including phenoxy) is 3. The summed E-state index contributed by atoms with van der Waals surface area (Å²) in [6.45, 7) is 6.46. The average molecular weight is 1010 g/mol. The molecule has 0 fully saturated rings. The third-order valence-electron chi connectivity index (χ3n) is 12.7. The summed E-state index contributed by atoms with van der Waals surface area (Å²) >= 11 is 0. The Balaban J connectivity index is 4.49. The maximum Gasteiger partial charge on any atom is 0.306 e. The molecule has 6 heteroatoms. The summed E-state index contributed by atoms with van der Waals surface area (Å²) in [5.74, 6) is -0.941. The molecule has 0 aliphatic heterocycles. The predicted molar refractivity (Wildman–Crippen MR) is 316 cm³/mol. The molecule has 0 saturated heterocycles. The van der Waals surface area contributed by atoms with Crippen LogP contribution in [-0.2, 0) is 28.6 Å². The van der Waals surface area contributed by atoms with Crippen LogP contribution in [0.25, 0.3) is 0 Å². The highest BCUT2D eigenvalue weighted by atomic mass is 16.6. The topological polar surface area (TPSA) is 78.9 Å². The maximum atomic E-state index is 12.9. The molecule has 0 aliphatic carbocycles. The van der Waals surface area contributed by atoms with E-state index in [4.69, 9.17) is 14.2 Å². The van der Waals surface area contributed by atoms with Gasteiger partial charge in [-0.25, -0.2) is 0 Å². The number of hydrogen-bond donors (Lipinski definition) is 0. The van der Waals surface area contributed by atoms with Crippen LogP contribution in [0.4, 0.5) is 0 Å². The van der Waals surface area contributed by atoms with Crippen molar-refractivity contribution in [3.05, 3.63) is 109 Å². The van der Waals surface area contributed by atoms with E-state index in [2.05, 4.69) is 130 Å². The molecule has 0 rings (SSSR count). The van der Waals surface area contributed by atoms with Gasteiger partial charge in [0.25, 0.3) is 0 Å². The molecule has 0 N–H and O–H groups in total. The molecule has 0 aliphatic rings. The molecule has 416 valence electrons. The zero-order chi connectivity index (χ0) is 52.9. The lowest BCUT2D eigenvalue weighted by Crippen LogP contribution is -2.30. The Bertz CT molecular complexity index is 1490. The highest BCUT2D eigenvalue weighted by Crippen LogP contribution is 2.14. The average Bonchev–Trinajstić information content (AvgIpc) is 3.39. The monoisotopic (exact) mass is 1010 g/mol. The van der Waals surface area contributed by atoms with E-state index in [0.717, 1.165) is 122 Å². The summed E-state index contributed by atoms with van der Waals surface area (Å²) in [6, 6.07) is 0. The minimum atomic E-state index is -0.803. The second-order valence-corrected chi connectivity index (χ2v) is 19.9. The van der Waals surface area contributed by atoms with Gasteiger partial charge in [-0.15, -0.1) is 0 Å². The van der Waals surface area contributed by atoms with Crippen LogP contribution in [0, 0.1) is 0 Å². The van der Waals surface area contributed by atoms with E-state index in [0.29, 0.717) is 19.3 Å². The Morgan fingerprint density at radius 3 is 0.849 bits per heavy atom. The van der Waals surface area contributed by atoms with Gasteiger partial charge in [-0.1, -0.05) is 239 Å². The Kier molecular flexibility index (Phi) is 57.4. The van der Waals surface area contributed by atoms with E-state index in [1.54, 1.807) is 0 Å². The van der Waals surface area contributed by atoms with Gasteiger partial charge in [0, 0.05) is 19.3 Å². The van der Waals surface area contributed by atoms with Crippen LogP contribution < -0.4 is 0 Å². The second kappa shape index (κ2) is 60.6. The summed E-state index contributed by atoms with van der Waals surface area (Å²) in [4.78, 5) is 38.3. The molecule has 73 heavy (non-hydrogen) atoms. The van der Waals surface area contributed by atoms with E-state index in [9.17, 15) is 14.4 Å². The fraction of sp³-hybridized carbons (Fsp3) is 0.687. The van der Waals surface area contributed by atoms with E-state index in [-0.39, 0.29) is 31.1 Å². The maximum absolute atomic E-state index is 12.9. The van der Waals surface area contributed by atoms with Gasteiger partial charge in [-0.3, -0.25) is 14.4 Å². The number of carbonyl (C=O) groups is 3. The van der Waals surface area contributed by atoms with Gasteiger partial charge in [-0.05, 0) is 128 Å². The third-order valence-corrected chi connectivity index (χ3v) is 12.7. The summed E-state index contributed by atoms with van der Waals surface area (Å²) in [7, 11) is 0. The molecule has 1 atom stereocenters. The van der Waals surface area contributed by atoms with Crippen molar-refractivity contribution in [1.82, 2.24) is 0 Å². The molecule has 0 bridgehead atoms. The van der Waals surface area contributed by atoms with Crippen molar-refractivity contribution in [2.24, 2.45) is 0 Å². The summed E-state index contributed by atoms with van der Waals surface area (Å²) in [5, 5.41) is 0. The molecular formula is C67H112O6. The van der Waals surface area contributed by atoms with Gasteiger partial charge in [0.15, 0.2) is 6.10 Å². The van der Waals surface area contributed by atoms with Crippen LogP contribution in [0.15, 0.2) is 109 Å². The first-order valence-corrected chi connectivity index (χ1v) is 30.4. The van der Waals surface area contributed by atoms with Crippen LogP contribution in [0.5, 0.6) is 0 Å². The van der Waals surface area contributed by atoms with Crippen LogP contribution in [0.1, 0.15) is 278 Å².